The van der Waals surface area contributed by atoms with E-state index in [4.69, 9.17) is 31.3 Å². The van der Waals surface area contributed by atoms with E-state index < -0.39 is 0 Å². The molecule has 0 saturated heterocycles. The molecule has 0 amide bonds. The summed E-state index contributed by atoms with van der Waals surface area (Å²) in [4.78, 5) is 0. The molecule has 2 rings (SSSR count). The van der Waals surface area contributed by atoms with Crippen molar-refractivity contribution in [1.29, 1.82) is 0 Å². The maximum atomic E-state index is 10.0. The van der Waals surface area contributed by atoms with Gasteiger partial charge in [-0.3, -0.25) is 0 Å². The van der Waals surface area contributed by atoms with Crippen molar-refractivity contribution in [3.63, 3.8) is 0 Å². The molecule has 0 unspecified atom stereocenters. The van der Waals surface area contributed by atoms with Gasteiger partial charge in [0.15, 0.2) is 11.5 Å². The number of aromatic nitrogens is 1. The molecule has 0 aliphatic rings. The van der Waals surface area contributed by atoms with Gasteiger partial charge < -0.3 is 24.8 Å². The predicted octanol–water partition coefficient (Wildman–Crippen LogP) is 2.30. The van der Waals surface area contributed by atoms with Gasteiger partial charge in [-0.2, -0.15) is 0 Å². The summed E-state index contributed by atoms with van der Waals surface area (Å²) in [5, 5.41) is 13.7. The highest BCUT2D eigenvalue weighted by atomic mass is 35.5. The largest absolute Gasteiger partial charge is 0.506 e. The smallest absolute Gasteiger partial charge is 0.222 e. The van der Waals surface area contributed by atoms with Crippen LogP contribution in [0.25, 0.3) is 11.3 Å². The number of rotatable bonds is 3. The van der Waals surface area contributed by atoms with E-state index >= 15 is 0 Å². The average Bonchev–Trinajstić information content (AvgIpc) is 2.78. The second kappa shape index (κ2) is 4.66. The molecule has 1 heterocycles. The van der Waals surface area contributed by atoms with Crippen molar-refractivity contribution in [3.8, 4) is 28.5 Å². The number of aromatic hydroxyl groups is 1. The Hall–Kier alpha value is -2.08. The molecule has 0 atom stereocenters. The Kier molecular flexibility index (Phi) is 3.20. The molecule has 0 radical (unpaired) electrons. The number of nitrogens with zero attached hydrogens (tertiary/aromatic N) is 1. The van der Waals surface area contributed by atoms with Crippen LogP contribution in [0.15, 0.2) is 16.7 Å². The summed E-state index contributed by atoms with van der Waals surface area (Å²) in [6.07, 6.45) is 0. The van der Waals surface area contributed by atoms with E-state index in [1.54, 1.807) is 0 Å². The third-order valence-electron chi connectivity index (χ3n) is 2.39. The maximum Gasteiger partial charge on any atom is 0.222 e. The highest BCUT2D eigenvalue weighted by molar-refractivity contribution is 6.34. The van der Waals surface area contributed by atoms with Crippen molar-refractivity contribution in [3.05, 3.63) is 17.2 Å². The minimum absolute atomic E-state index is 0.0356. The Morgan fingerprint density at radius 2 is 2.06 bits per heavy atom. The minimum Gasteiger partial charge on any atom is -0.506 e. The number of phenolic OH excluding ortho intramolecular Hbond substituents is 1. The lowest BCUT2D eigenvalue weighted by Gasteiger charge is -2.12. The molecule has 1 aromatic carbocycles. The van der Waals surface area contributed by atoms with Crippen LogP contribution in [0, 0.1) is 0 Å². The average molecular weight is 271 g/mol. The molecule has 0 bridgehead atoms. The first-order chi connectivity index (χ1) is 8.58. The van der Waals surface area contributed by atoms with E-state index in [0.717, 1.165) is 0 Å². The summed E-state index contributed by atoms with van der Waals surface area (Å²) in [6, 6.07) is 3.01. The fourth-order valence-corrected chi connectivity index (χ4v) is 1.82. The molecule has 6 nitrogen and oxygen atoms in total. The fraction of sp³-hybridized carbons (Fsp3) is 0.182. The van der Waals surface area contributed by atoms with Gasteiger partial charge in [0.05, 0.1) is 19.8 Å². The Balaban J connectivity index is 2.65. The molecule has 18 heavy (non-hydrogen) atoms. The standard InChI is InChI=1S/C11H11ClN2O4/c1-16-7-3-5(6-4-8(13)18-14-6)10(15)9(12)11(7)17-2/h3-4,15H,13H2,1-2H3. The third kappa shape index (κ3) is 1.91. The quantitative estimate of drug-likeness (QED) is 0.889. The molecule has 0 aliphatic heterocycles. The second-order valence-electron chi connectivity index (χ2n) is 3.44. The minimum atomic E-state index is -0.178. The van der Waals surface area contributed by atoms with Gasteiger partial charge in [0.25, 0.3) is 0 Å². The van der Waals surface area contributed by atoms with Crippen LogP contribution < -0.4 is 15.2 Å². The summed E-state index contributed by atoms with van der Waals surface area (Å²) in [5.74, 6) is 0.576. The first kappa shape index (κ1) is 12.4. The van der Waals surface area contributed by atoms with Crippen molar-refractivity contribution in [2.45, 2.75) is 0 Å². The van der Waals surface area contributed by atoms with E-state index in [1.165, 1.54) is 26.4 Å². The Labute approximate surface area is 108 Å². The van der Waals surface area contributed by atoms with Gasteiger partial charge in [0.2, 0.25) is 5.88 Å². The van der Waals surface area contributed by atoms with Gasteiger partial charge >= 0.3 is 0 Å². The number of hydrogen-bond donors (Lipinski definition) is 2. The molecule has 1 aromatic heterocycles. The van der Waals surface area contributed by atoms with Gasteiger partial charge in [0, 0.05) is 6.07 Å². The van der Waals surface area contributed by atoms with Crippen LogP contribution in [0.1, 0.15) is 0 Å². The number of phenols is 1. The zero-order valence-electron chi connectivity index (χ0n) is 9.73. The predicted molar refractivity (Wildman–Crippen MR) is 66.1 cm³/mol. The molecule has 96 valence electrons. The van der Waals surface area contributed by atoms with E-state index in [1.807, 2.05) is 0 Å². The zero-order valence-corrected chi connectivity index (χ0v) is 10.5. The van der Waals surface area contributed by atoms with Crippen LogP contribution >= 0.6 is 11.6 Å². The van der Waals surface area contributed by atoms with Gasteiger partial charge in [0.1, 0.15) is 16.5 Å². The number of nitrogen functional groups attached to an aromatic ring is 1. The third-order valence-corrected chi connectivity index (χ3v) is 2.74. The highest BCUT2D eigenvalue weighted by Gasteiger charge is 2.20. The molecular weight excluding hydrogens is 260 g/mol. The second-order valence-corrected chi connectivity index (χ2v) is 3.81. The van der Waals surface area contributed by atoms with E-state index in [2.05, 4.69) is 5.16 Å². The SMILES string of the molecule is COc1cc(-c2cc(N)on2)c(O)c(Cl)c1OC. The van der Waals surface area contributed by atoms with Crippen LogP contribution in [0.4, 0.5) is 5.88 Å². The lowest BCUT2D eigenvalue weighted by atomic mass is 10.1. The number of ether oxygens (including phenoxy) is 2. The van der Waals surface area contributed by atoms with Crippen LogP contribution in [-0.2, 0) is 0 Å². The summed E-state index contributed by atoms with van der Waals surface area (Å²) in [6.45, 7) is 0. The number of anilines is 1. The lowest BCUT2D eigenvalue weighted by Crippen LogP contribution is -1.93. The van der Waals surface area contributed by atoms with Crippen molar-refractivity contribution < 1.29 is 19.1 Å². The maximum absolute atomic E-state index is 10.0. The molecule has 0 fully saturated rings. The number of benzene rings is 1. The number of hydrogen-bond acceptors (Lipinski definition) is 6. The van der Waals surface area contributed by atoms with Crippen molar-refractivity contribution in [2.75, 3.05) is 20.0 Å². The van der Waals surface area contributed by atoms with Crippen molar-refractivity contribution in [1.82, 2.24) is 5.16 Å². The normalized spacial score (nSPS) is 10.4. The molecular formula is C11H11ClN2O4. The monoisotopic (exact) mass is 270 g/mol. The van der Waals surface area contributed by atoms with E-state index in [9.17, 15) is 5.11 Å². The Morgan fingerprint density at radius 3 is 2.56 bits per heavy atom. The molecule has 3 N–H and O–H groups in total. The molecule has 0 saturated carbocycles. The molecule has 0 aliphatic carbocycles. The summed E-state index contributed by atoms with van der Waals surface area (Å²) < 4.78 is 14.9. The topological polar surface area (TPSA) is 90.7 Å². The summed E-state index contributed by atoms with van der Waals surface area (Å²) in [5.41, 5.74) is 6.13. The first-order valence-corrected chi connectivity index (χ1v) is 5.32. The highest BCUT2D eigenvalue weighted by Crippen LogP contribution is 2.46. The number of methoxy groups -OCH3 is 2. The molecule has 0 spiro atoms. The van der Waals surface area contributed by atoms with Crippen LogP contribution in [-0.4, -0.2) is 24.5 Å². The lowest BCUT2D eigenvalue weighted by molar-refractivity contribution is 0.352. The van der Waals surface area contributed by atoms with Crippen molar-refractivity contribution >= 4 is 17.5 Å². The van der Waals surface area contributed by atoms with Gasteiger partial charge in [-0.25, -0.2) is 0 Å². The molecule has 2 aromatic rings. The number of nitrogens with two attached hydrogens (primary N) is 1. The van der Waals surface area contributed by atoms with Gasteiger partial charge in [-0.05, 0) is 6.07 Å². The Morgan fingerprint density at radius 1 is 1.33 bits per heavy atom. The molecule has 7 heteroatoms. The summed E-state index contributed by atoms with van der Waals surface area (Å²) in [7, 11) is 2.89. The zero-order chi connectivity index (χ0) is 13.3. The Bertz CT molecular complexity index is 583. The number of halogens is 1. The fourth-order valence-electron chi connectivity index (χ4n) is 1.55. The van der Waals surface area contributed by atoms with Gasteiger partial charge in [-0.1, -0.05) is 16.8 Å². The van der Waals surface area contributed by atoms with Crippen LogP contribution in [0.5, 0.6) is 17.2 Å². The van der Waals surface area contributed by atoms with Crippen molar-refractivity contribution in [2.24, 2.45) is 0 Å². The first-order valence-electron chi connectivity index (χ1n) is 4.94. The van der Waals surface area contributed by atoms with Crippen LogP contribution in [0.3, 0.4) is 0 Å². The van der Waals surface area contributed by atoms with Crippen LogP contribution in [0.2, 0.25) is 5.02 Å². The van der Waals surface area contributed by atoms with E-state index in [0.29, 0.717) is 17.0 Å². The van der Waals surface area contributed by atoms with E-state index in [-0.39, 0.29) is 22.4 Å². The van der Waals surface area contributed by atoms with Gasteiger partial charge in [-0.15, -0.1) is 0 Å². The summed E-state index contributed by atoms with van der Waals surface area (Å²) >= 11 is 5.99.